The van der Waals surface area contributed by atoms with Crippen LogP contribution in [0.1, 0.15) is 0 Å². The molecular weight excluding hydrogens is 803 g/mol. The zero-order valence-electron chi connectivity index (χ0n) is 34.3. The van der Waals surface area contributed by atoms with Gasteiger partial charge in [0.2, 0.25) is 5.95 Å². The van der Waals surface area contributed by atoms with Gasteiger partial charge in [-0.2, -0.15) is 9.97 Å². The maximum Gasteiger partial charge on any atom is 0.238 e. The molecule has 0 bridgehead atoms. The SMILES string of the molecule is c1ccc(-c2nc(-c3ccccc3)nc(N3c4ccccc4Sc4cc(-c5cccc(-c6ccc7c8ccccc8n(-c8ccc9oc%10ccccc%10c9c8)c7c6)c5)ccc43)n2)cc1. The highest BCUT2D eigenvalue weighted by molar-refractivity contribution is 7.99. The molecule has 0 saturated carbocycles. The molecule has 0 N–H and O–H groups in total. The van der Waals surface area contributed by atoms with Crippen molar-refractivity contribution < 1.29 is 4.42 Å². The van der Waals surface area contributed by atoms with Crippen LogP contribution in [0, 0.1) is 0 Å². The van der Waals surface area contributed by atoms with Crippen molar-refractivity contribution in [3.8, 4) is 50.7 Å². The van der Waals surface area contributed by atoms with E-state index in [1.165, 1.54) is 16.3 Å². The number of hydrogen-bond donors (Lipinski definition) is 0. The van der Waals surface area contributed by atoms with E-state index in [0.29, 0.717) is 17.6 Å². The molecule has 13 rings (SSSR count). The zero-order valence-corrected chi connectivity index (χ0v) is 35.1. The van der Waals surface area contributed by atoms with Gasteiger partial charge in [0.25, 0.3) is 0 Å². The van der Waals surface area contributed by atoms with Crippen LogP contribution in [-0.4, -0.2) is 19.5 Å². The van der Waals surface area contributed by atoms with Crippen LogP contribution in [0.3, 0.4) is 0 Å². The summed E-state index contributed by atoms with van der Waals surface area (Å²) in [5.41, 5.74) is 13.7. The first-order valence-electron chi connectivity index (χ1n) is 21.3. The molecule has 0 unspecified atom stereocenters. The summed E-state index contributed by atoms with van der Waals surface area (Å²) in [6, 6.07) is 74.7. The fraction of sp³-hybridized carbons (Fsp3) is 0. The fourth-order valence-electron chi connectivity index (χ4n) is 9.21. The summed E-state index contributed by atoms with van der Waals surface area (Å²) in [5.74, 6) is 1.82. The van der Waals surface area contributed by atoms with E-state index in [9.17, 15) is 0 Å². The molecule has 12 aromatic rings. The van der Waals surface area contributed by atoms with Crippen molar-refractivity contribution in [2.75, 3.05) is 4.90 Å². The first-order chi connectivity index (χ1) is 31.7. The van der Waals surface area contributed by atoms with Crippen LogP contribution in [0.15, 0.2) is 227 Å². The molecular formula is C57H35N5OS. The summed E-state index contributed by atoms with van der Waals surface area (Å²) in [7, 11) is 0. The van der Waals surface area contributed by atoms with Crippen molar-refractivity contribution in [2.45, 2.75) is 9.79 Å². The second-order valence-corrected chi connectivity index (χ2v) is 17.1. The van der Waals surface area contributed by atoms with Crippen LogP contribution in [-0.2, 0) is 0 Å². The highest BCUT2D eigenvalue weighted by Gasteiger charge is 2.28. The molecule has 0 amide bonds. The molecule has 0 fully saturated rings. The van der Waals surface area contributed by atoms with E-state index in [1.807, 2.05) is 72.8 Å². The van der Waals surface area contributed by atoms with E-state index in [4.69, 9.17) is 19.4 Å². The lowest BCUT2D eigenvalue weighted by Gasteiger charge is -2.31. The van der Waals surface area contributed by atoms with Crippen LogP contribution >= 0.6 is 11.8 Å². The monoisotopic (exact) mass is 837 g/mol. The van der Waals surface area contributed by atoms with E-state index in [-0.39, 0.29) is 0 Å². The van der Waals surface area contributed by atoms with Gasteiger partial charge in [0.05, 0.1) is 22.4 Å². The highest BCUT2D eigenvalue weighted by atomic mass is 32.2. The predicted molar refractivity (Wildman–Crippen MR) is 262 cm³/mol. The Hall–Kier alpha value is -8.26. The van der Waals surface area contributed by atoms with Crippen LogP contribution in [0.4, 0.5) is 17.3 Å². The largest absolute Gasteiger partial charge is 0.456 e. The number of hydrogen-bond acceptors (Lipinski definition) is 6. The number of rotatable bonds is 6. The molecule has 0 spiro atoms. The normalized spacial score (nSPS) is 12.3. The van der Waals surface area contributed by atoms with Crippen LogP contribution < -0.4 is 4.90 Å². The van der Waals surface area contributed by atoms with Gasteiger partial charge in [0, 0.05) is 48.2 Å². The second kappa shape index (κ2) is 14.7. The zero-order chi connectivity index (χ0) is 42.1. The molecule has 4 heterocycles. The van der Waals surface area contributed by atoms with Gasteiger partial charge in [-0.05, 0) is 89.0 Å². The molecule has 6 nitrogen and oxygen atoms in total. The lowest BCUT2D eigenvalue weighted by Crippen LogP contribution is -2.18. The lowest BCUT2D eigenvalue weighted by atomic mass is 9.98. The van der Waals surface area contributed by atoms with Gasteiger partial charge in [0.1, 0.15) is 11.2 Å². The van der Waals surface area contributed by atoms with Gasteiger partial charge in [0.15, 0.2) is 11.6 Å². The summed E-state index contributed by atoms with van der Waals surface area (Å²) in [6.45, 7) is 0. The van der Waals surface area contributed by atoms with Gasteiger partial charge in [-0.1, -0.05) is 157 Å². The van der Waals surface area contributed by atoms with Crippen molar-refractivity contribution in [2.24, 2.45) is 0 Å². The summed E-state index contributed by atoms with van der Waals surface area (Å²) >= 11 is 1.77. The van der Waals surface area contributed by atoms with Crippen LogP contribution in [0.2, 0.25) is 0 Å². The molecule has 3 aromatic heterocycles. The van der Waals surface area contributed by atoms with Crippen LogP contribution in [0.25, 0.3) is 94.5 Å². The summed E-state index contributed by atoms with van der Waals surface area (Å²) < 4.78 is 8.60. The Balaban J connectivity index is 0.911. The third kappa shape index (κ3) is 6.01. The number of nitrogens with zero attached hydrogens (tertiary/aromatic N) is 5. The summed E-state index contributed by atoms with van der Waals surface area (Å²) in [6.07, 6.45) is 0. The maximum atomic E-state index is 6.21. The van der Waals surface area contributed by atoms with E-state index in [2.05, 4.69) is 149 Å². The van der Waals surface area contributed by atoms with Crippen molar-refractivity contribution in [1.29, 1.82) is 0 Å². The Labute approximate surface area is 372 Å². The maximum absolute atomic E-state index is 6.21. The topological polar surface area (TPSA) is 60.0 Å². The third-order valence-corrected chi connectivity index (χ3v) is 13.3. The molecule has 0 atom stereocenters. The van der Waals surface area contributed by atoms with Gasteiger partial charge in [-0.25, -0.2) is 4.98 Å². The Kier molecular flexibility index (Phi) is 8.35. The Morgan fingerprint density at radius 3 is 1.75 bits per heavy atom. The minimum atomic E-state index is 0.572. The van der Waals surface area contributed by atoms with Crippen molar-refractivity contribution in [3.63, 3.8) is 0 Å². The Bertz CT molecular complexity index is 3730. The van der Waals surface area contributed by atoms with Gasteiger partial charge >= 0.3 is 0 Å². The van der Waals surface area contributed by atoms with E-state index in [0.717, 1.165) is 87.7 Å². The van der Waals surface area contributed by atoms with Gasteiger partial charge in [-0.15, -0.1) is 0 Å². The second-order valence-electron chi connectivity index (χ2n) is 16.0. The van der Waals surface area contributed by atoms with E-state index >= 15 is 0 Å². The van der Waals surface area contributed by atoms with Crippen molar-refractivity contribution in [3.05, 3.63) is 212 Å². The molecule has 7 heteroatoms. The highest BCUT2D eigenvalue weighted by Crippen LogP contribution is 2.52. The number of para-hydroxylation sites is 3. The average Bonchev–Trinajstić information content (AvgIpc) is 3.91. The predicted octanol–water partition coefficient (Wildman–Crippen LogP) is 15.5. The van der Waals surface area contributed by atoms with E-state index in [1.54, 1.807) is 11.8 Å². The quantitative estimate of drug-likeness (QED) is 0.166. The molecule has 0 saturated heterocycles. The molecule has 1 aliphatic heterocycles. The number of furan rings is 1. The first-order valence-corrected chi connectivity index (χ1v) is 22.2. The van der Waals surface area contributed by atoms with Gasteiger partial charge < -0.3 is 8.98 Å². The number of anilines is 3. The van der Waals surface area contributed by atoms with Crippen molar-refractivity contribution in [1.82, 2.24) is 19.5 Å². The molecule has 300 valence electrons. The third-order valence-electron chi connectivity index (χ3n) is 12.2. The van der Waals surface area contributed by atoms with E-state index < -0.39 is 0 Å². The Morgan fingerprint density at radius 2 is 0.953 bits per heavy atom. The van der Waals surface area contributed by atoms with Crippen molar-refractivity contribution >= 4 is 72.8 Å². The fourth-order valence-corrected chi connectivity index (χ4v) is 10.3. The smallest absolute Gasteiger partial charge is 0.238 e. The average molecular weight is 838 g/mol. The minimum absolute atomic E-state index is 0.572. The summed E-state index contributed by atoms with van der Waals surface area (Å²) in [4.78, 5) is 19.7. The number of aromatic nitrogens is 4. The lowest BCUT2D eigenvalue weighted by molar-refractivity contribution is 0.669. The van der Waals surface area contributed by atoms with Crippen LogP contribution in [0.5, 0.6) is 0 Å². The number of fused-ring (bicyclic) bond motifs is 8. The minimum Gasteiger partial charge on any atom is -0.456 e. The first kappa shape index (κ1) is 36.4. The van der Waals surface area contributed by atoms with Gasteiger partial charge in [-0.3, -0.25) is 4.90 Å². The number of benzene rings is 9. The molecule has 64 heavy (non-hydrogen) atoms. The Morgan fingerprint density at radius 1 is 0.359 bits per heavy atom. The summed E-state index contributed by atoms with van der Waals surface area (Å²) in [5, 5.41) is 4.67. The molecule has 0 radical (unpaired) electrons. The molecule has 0 aliphatic carbocycles. The molecule has 9 aromatic carbocycles. The molecule has 1 aliphatic rings. The standard InChI is InChI=1S/C57H35N5OS/c1-3-14-36(15-4-1)55-58-56(37-16-5-2-6-17-37)60-57(59-55)62-48-23-10-12-25-53(48)64-54-34-41(27-30-49(54)62)39-19-13-18-38(32-39)40-26-29-44-43-20-7-9-22-47(43)61(50(44)33-40)42-28-31-52-46(35-42)45-21-8-11-24-51(45)63-52/h1-35H.